The highest BCUT2D eigenvalue weighted by Crippen LogP contribution is 2.07. The normalized spacial score (nSPS) is 11.6. The number of esters is 1. The summed E-state index contributed by atoms with van der Waals surface area (Å²) < 4.78 is 9.91. The summed E-state index contributed by atoms with van der Waals surface area (Å²) in [6.45, 7) is 2.57. The Balaban J connectivity index is 2.41. The van der Waals surface area contributed by atoms with Gasteiger partial charge in [-0.05, 0) is 12.0 Å². The Kier molecular flexibility index (Phi) is 10.3. The molecule has 1 amide bonds. The van der Waals surface area contributed by atoms with E-state index < -0.39 is 18.1 Å². The maximum atomic E-state index is 12.2. The van der Waals surface area contributed by atoms with Gasteiger partial charge in [0.15, 0.2) is 0 Å². The molecule has 0 bridgehead atoms. The number of methoxy groups -OCH3 is 1. The predicted octanol–water partition coefficient (Wildman–Crippen LogP) is 3.86. The first-order valence-corrected chi connectivity index (χ1v) is 8.72. The van der Waals surface area contributed by atoms with Crippen molar-refractivity contribution in [3.8, 4) is 0 Å². The van der Waals surface area contributed by atoms with Gasteiger partial charge in [-0.15, -0.1) is 0 Å². The number of ether oxygens (including phenoxy) is 2. The summed E-state index contributed by atoms with van der Waals surface area (Å²) in [5.41, 5.74) is 0.954. The summed E-state index contributed by atoms with van der Waals surface area (Å²) in [5, 5.41) is 2.55. The van der Waals surface area contributed by atoms with Crippen LogP contribution in [0.1, 0.15) is 51.0 Å². The summed E-state index contributed by atoms with van der Waals surface area (Å²) in [6.07, 6.45) is 6.52. The summed E-state index contributed by atoms with van der Waals surface area (Å²) in [6, 6.07) is 8.78. The topological polar surface area (TPSA) is 64.6 Å². The van der Waals surface area contributed by atoms with E-state index in [4.69, 9.17) is 4.74 Å². The van der Waals surface area contributed by atoms with Crippen LogP contribution in [0.4, 0.5) is 4.79 Å². The van der Waals surface area contributed by atoms with E-state index in [1.54, 1.807) is 0 Å². The van der Waals surface area contributed by atoms with E-state index in [-0.39, 0.29) is 0 Å². The van der Waals surface area contributed by atoms with Crippen LogP contribution in [0, 0.1) is 0 Å². The molecule has 1 rings (SSSR count). The van der Waals surface area contributed by atoms with Gasteiger partial charge in [-0.3, -0.25) is 0 Å². The number of carbonyl (C=O) groups is 2. The van der Waals surface area contributed by atoms with E-state index in [0.29, 0.717) is 13.0 Å². The Morgan fingerprint density at radius 2 is 1.71 bits per heavy atom. The van der Waals surface area contributed by atoms with Crippen molar-refractivity contribution >= 4 is 12.1 Å². The van der Waals surface area contributed by atoms with Crippen LogP contribution in [-0.2, 0) is 20.7 Å². The van der Waals surface area contributed by atoms with Crippen molar-refractivity contribution in [1.82, 2.24) is 5.32 Å². The third kappa shape index (κ3) is 8.56. The lowest BCUT2D eigenvalue weighted by atomic mass is 10.1. The van der Waals surface area contributed by atoms with E-state index >= 15 is 0 Å². The number of carbonyl (C=O) groups excluding carboxylic acids is 2. The minimum Gasteiger partial charge on any atom is -0.464 e. The monoisotopic (exact) mass is 335 g/mol. The number of unbranched alkanes of at least 4 members (excludes halogenated alkanes) is 5. The van der Waals surface area contributed by atoms with Crippen LogP contribution in [-0.4, -0.2) is 31.8 Å². The minimum absolute atomic E-state index is 0.380. The van der Waals surface area contributed by atoms with Crippen molar-refractivity contribution < 1.29 is 19.1 Å². The van der Waals surface area contributed by atoms with Crippen molar-refractivity contribution in [2.24, 2.45) is 0 Å². The highest BCUT2D eigenvalue weighted by atomic mass is 16.5. The average molecular weight is 335 g/mol. The molecule has 1 aromatic carbocycles. The highest BCUT2D eigenvalue weighted by molar-refractivity contribution is 5.81. The summed E-state index contributed by atoms with van der Waals surface area (Å²) in [5.74, 6) is -0.419. The molecule has 0 saturated heterocycles. The van der Waals surface area contributed by atoms with Gasteiger partial charge in [-0.2, -0.15) is 0 Å². The molecular weight excluding hydrogens is 306 g/mol. The lowest BCUT2D eigenvalue weighted by Crippen LogP contribution is -2.43. The summed E-state index contributed by atoms with van der Waals surface area (Å²) in [4.78, 5) is 23.7. The molecule has 1 unspecified atom stereocenters. The number of hydrogen-bond donors (Lipinski definition) is 1. The standard InChI is InChI=1S/C19H29NO4/c1-3-4-5-6-7-11-14-24-18(21)17(20-19(22)23-2)15-16-12-9-8-10-13-16/h8-10,12-13,17H,3-7,11,14-15H2,1-2H3,(H,20,22). The van der Waals surface area contributed by atoms with Gasteiger partial charge in [0.2, 0.25) is 0 Å². The number of benzene rings is 1. The third-order valence-electron chi connectivity index (χ3n) is 3.79. The molecule has 1 N–H and O–H groups in total. The van der Waals surface area contributed by atoms with Crippen LogP contribution in [0.15, 0.2) is 30.3 Å². The molecule has 0 fully saturated rings. The lowest BCUT2D eigenvalue weighted by molar-refractivity contribution is -0.146. The van der Waals surface area contributed by atoms with Crippen LogP contribution >= 0.6 is 0 Å². The molecule has 0 aliphatic rings. The molecule has 1 aromatic rings. The molecule has 0 aliphatic carbocycles. The maximum absolute atomic E-state index is 12.2. The van der Waals surface area contributed by atoms with E-state index in [0.717, 1.165) is 18.4 Å². The fourth-order valence-electron chi connectivity index (χ4n) is 2.40. The van der Waals surface area contributed by atoms with Gasteiger partial charge < -0.3 is 14.8 Å². The van der Waals surface area contributed by atoms with Crippen molar-refractivity contribution in [2.75, 3.05) is 13.7 Å². The van der Waals surface area contributed by atoms with Crippen molar-refractivity contribution in [3.63, 3.8) is 0 Å². The van der Waals surface area contributed by atoms with Crippen LogP contribution in [0.25, 0.3) is 0 Å². The van der Waals surface area contributed by atoms with Gasteiger partial charge in [0, 0.05) is 6.42 Å². The van der Waals surface area contributed by atoms with Gasteiger partial charge in [-0.1, -0.05) is 69.4 Å². The number of nitrogens with one attached hydrogen (secondary N) is 1. The molecule has 1 atom stereocenters. The molecule has 0 saturated carbocycles. The quantitative estimate of drug-likeness (QED) is 0.493. The third-order valence-corrected chi connectivity index (χ3v) is 3.79. The molecular formula is C19H29NO4. The zero-order chi connectivity index (χ0) is 17.6. The van der Waals surface area contributed by atoms with Gasteiger partial charge in [-0.25, -0.2) is 9.59 Å². The number of rotatable bonds is 11. The van der Waals surface area contributed by atoms with Crippen molar-refractivity contribution in [1.29, 1.82) is 0 Å². The SMILES string of the molecule is CCCCCCCCOC(=O)C(Cc1ccccc1)NC(=O)OC. The Morgan fingerprint density at radius 1 is 1.04 bits per heavy atom. The summed E-state index contributed by atoms with van der Waals surface area (Å²) in [7, 11) is 1.27. The van der Waals surface area contributed by atoms with Crippen LogP contribution in [0.3, 0.4) is 0 Å². The second-order valence-corrected chi connectivity index (χ2v) is 5.81. The molecule has 5 nitrogen and oxygen atoms in total. The maximum Gasteiger partial charge on any atom is 0.407 e. The average Bonchev–Trinajstić information content (AvgIpc) is 2.61. The second-order valence-electron chi connectivity index (χ2n) is 5.81. The molecule has 0 aromatic heterocycles. The zero-order valence-electron chi connectivity index (χ0n) is 14.8. The Bertz CT molecular complexity index is 476. The fourth-order valence-corrected chi connectivity index (χ4v) is 2.40. The second kappa shape index (κ2) is 12.4. The predicted molar refractivity (Wildman–Crippen MR) is 93.8 cm³/mol. The van der Waals surface area contributed by atoms with E-state index in [1.807, 2.05) is 30.3 Å². The Hall–Kier alpha value is -2.04. The number of amides is 1. The molecule has 0 radical (unpaired) electrons. The molecule has 5 heteroatoms. The molecule has 134 valence electrons. The smallest absolute Gasteiger partial charge is 0.407 e. The lowest BCUT2D eigenvalue weighted by Gasteiger charge is -2.17. The van der Waals surface area contributed by atoms with E-state index in [2.05, 4.69) is 17.0 Å². The molecule has 0 heterocycles. The minimum atomic E-state index is -0.736. The zero-order valence-corrected chi connectivity index (χ0v) is 14.8. The molecule has 24 heavy (non-hydrogen) atoms. The molecule has 0 aliphatic heterocycles. The molecule has 0 spiro atoms. The van der Waals surface area contributed by atoms with Gasteiger partial charge >= 0.3 is 12.1 Å². The van der Waals surface area contributed by atoms with Gasteiger partial charge in [0.25, 0.3) is 0 Å². The fraction of sp³-hybridized carbons (Fsp3) is 0.579. The largest absolute Gasteiger partial charge is 0.464 e. The number of hydrogen-bond acceptors (Lipinski definition) is 4. The van der Waals surface area contributed by atoms with E-state index in [9.17, 15) is 9.59 Å². The van der Waals surface area contributed by atoms with Crippen molar-refractivity contribution in [3.05, 3.63) is 35.9 Å². The Morgan fingerprint density at radius 3 is 2.38 bits per heavy atom. The highest BCUT2D eigenvalue weighted by Gasteiger charge is 2.23. The van der Waals surface area contributed by atoms with Crippen LogP contribution in [0.2, 0.25) is 0 Å². The van der Waals surface area contributed by atoms with Gasteiger partial charge in [0.1, 0.15) is 6.04 Å². The first kappa shape index (κ1) is 20.0. The van der Waals surface area contributed by atoms with Crippen LogP contribution in [0.5, 0.6) is 0 Å². The first-order valence-electron chi connectivity index (χ1n) is 8.72. The number of alkyl carbamates (subject to hydrolysis) is 1. The van der Waals surface area contributed by atoms with Crippen molar-refractivity contribution in [2.45, 2.75) is 57.9 Å². The first-order chi connectivity index (χ1) is 11.7. The van der Waals surface area contributed by atoms with Gasteiger partial charge in [0.05, 0.1) is 13.7 Å². The Labute approximate surface area is 144 Å². The van der Waals surface area contributed by atoms with Crippen LogP contribution < -0.4 is 5.32 Å². The van der Waals surface area contributed by atoms with E-state index in [1.165, 1.54) is 32.8 Å². The summed E-state index contributed by atoms with van der Waals surface area (Å²) >= 11 is 0.